The number of hydrogen-bond donors (Lipinski definition) is 1. The van der Waals surface area contributed by atoms with Gasteiger partial charge in [-0.05, 0) is 51.0 Å². The molecule has 1 saturated heterocycles. The van der Waals surface area contributed by atoms with Crippen LogP contribution in [0.15, 0.2) is 11.1 Å². The van der Waals surface area contributed by atoms with E-state index in [2.05, 4.69) is 23.0 Å². The topological polar surface area (TPSA) is 29.9 Å². The van der Waals surface area contributed by atoms with E-state index in [-0.39, 0.29) is 5.54 Å². The van der Waals surface area contributed by atoms with E-state index in [9.17, 15) is 0 Å². The summed E-state index contributed by atoms with van der Waals surface area (Å²) in [5, 5.41) is 9.75. The van der Waals surface area contributed by atoms with Crippen molar-refractivity contribution in [3.63, 3.8) is 0 Å². The Hall–Kier alpha value is -0.480. The second-order valence-electron chi connectivity index (χ2n) is 5.01. The lowest BCUT2D eigenvalue weighted by molar-refractivity contribution is 0.410. The molecule has 2 aliphatic rings. The molecule has 1 fully saturated rings. The molecule has 1 aromatic rings. The molecule has 0 aliphatic carbocycles. The zero-order chi connectivity index (χ0) is 11.0. The third-order valence-electron chi connectivity index (χ3n) is 3.69. The number of hydrogen-bond acceptors (Lipinski definition) is 3. The largest absolute Gasteiger partial charge is 0.306 e. The van der Waals surface area contributed by atoms with Crippen molar-refractivity contribution in [2.45, 2.75) is 49.7 Å². The van der Waals surface area contributed by atoms with Crippen molar-refractivity contribution in [3.05, 3.63) is 11.8 Å². The SMILES string of the molecule is CC1(c2cc3n(n2)CCCCS3)CCCN1. The predicted molar refractivity (Wildman–Crippen MR) is 66.8 cm³/mol. The number of nitrogens with zero attached hydrogens (tertiary/aromatic N) is 2. The van der Waals surface area contributed by atoms with Gasteiger partial charge < -0.3 is 5.32 Å². The number of aryl methyl sites for hydroxylation is 1. The number of fused-ring (bicyclic) bond motifs is 1. The van der Waals surface area contributed by atoms with Gasteiger partial charge in [-0.2, -0.15) is 5.10 Å². The van der Waals surface area contributed by atoms with Gasteiger partial charge in [0, 0.05) is 6.54 Å². The predicted octanol–water partition coefficient (Wildman–Crippen LogP) is 2.37. The highest BCUT2D eigenvalue weighted by Crippen LogP contribution is 2.33. The van der Waals surface area contributed by atoms with Gasteiger partial charge in [0.15, 0.2) is 0 Å². The first kappa shape index (κ1) is 10.7. The Labute approximate surface area is 101 Å². The first-order valence-corrected chi connectivity index (χ1v) is 7.23. The zero-order valence-electron chi connectivity index (χ0n) is 9.83. The molecule has 0 bridgehead atoms. The van der Waals surface area contributed by atoms with Crippen molar-refractivity contribution in [3.8, 4) is 0 Å². The first-order valence-electron chi connectivity index (χ1n) is 6.24. The molecule has 0 spiro atoms. The van der Waals surface area contributed by atoms with Crippen LogP contribution >= 0.6 is 11.8 Å². The maximum absolute atomic E-state index is 4.80. The molecule has 2 aliphatic heterocycles. The summed E-state index contributed by atoms with van der Waals surface area (Å²) in [4.78, 5) is 0. The van der Waals surface area contributed by atoms with Crippen molar-refractivity contribution >= 4 is 11.8 Å². The van der Waals surface area contributed by atoms with E-state index in [1.165, 1.54) is 42.2 Å². The Bertz CT molecular complexity index is 356. The molecular weight excluding hydrogens is 218 g/mol. The fourth-order valence-corrected chi connectivity index (χ4v) is 3.63. The highest BCUT2D eigenvalue weighted by molar-refractivity contribution is 7.99. The molecule has 0 saturated carbocycles. The van der Waals surface area contributed by atoms with Gasteiger partial charge in [0.1, 0.15) is 0 Å². The van der Waals surface area contributed by atoms with Crippen molar-refractivity contribution in [2.24, 2.45) is 0 Å². The molecule has 16 heavy (non-hydrogen) atoms. The minimum atomic E-state index is 0.125. The zero-order valence-corrected chi connectivity index (χ0v) is 10.6. The van der Waals surface area contributed by atoms with Crippen LogP contribution in [-0.2, 0) is 12.1 Å². The molecule has 1 aromatic heterocycles. The van der Waals surface area contributed by atoms with Gasteiger partial charge in [-0.3, -0.25) is 4.68 Å². The quantitative estimate of drug-likeness (QED) is 0.813. The molecule has 88 valence electrons. The van der Waals surface area contributed by atoms with Crippen LogP contribution in [0.4, 0.5) is 0 Å². The number of rotatable bonds is 1. The molecule has 0 amide bonds. The molecule has 0 aromatic carbocycles. The van der Waals surface area contributed by atoms with Crippen LogP contribution in [0.2, 0.25) is 0 Å². The summed E-state index contributed by atoms with van der Waals surface area (Å²) in [6.07, 6.45) is 5.07. The van der Waals surface area contributed by atoms with Crippen LogP contribution in [0.5, 0.6) is 0 Å². The van der Waals surface area contributed by atoms with E-state index in [1.807, 2.05) is 11.8 Å². The third kappa shape index (κ3) is 1.78. The molecule has 1 atom stereocenters. The van der Waals surface area contributed by atoms with Gasteiger partial charge in [0.25, 0.3) is 0 Å². The standard InChI is InChI=1S/C12H19N3S/c1-12(5-4-6-13-12)10-9-11-15(14-10)7-2-3-8-16-11/h9,13H,2-8H2,1H3. The number of thioether (sulfide) groups is 1. The molecule has 1 N–H and O–H groups in total. The Morgan fingerprint density at radius 3 is 3.19 bits per heavy atom. The maximum atomic E-state index is 4.80. The summed E-state index contributed by atoms with van der Waals surface area (Å²) in [7, 11) is 0. The fraction of sp³-hybridized carbons (Fsp3) is 0.750. The third-order valence-corrected chi connectivity index (χ3v) is 4.81. The number of nitrogens with one attached hydrogen (secondary N) is 1. The summed E-state index contributed by atoms with van der Waals surface area (Å²) in [5.41, 5.74) is 1.37. The van der Waals surface area contributed by atoms with Crippen molar-refractivity contribution in [2.75, 3.05) is 12.3 Å². The van der Waals surface area contributed by atoms with E-state index in [4.69, 9.17) is 5.10 Å². The lowest BCUT2D eigenvalue weighted by Crippen LogP contribution is -2.33. The van der Waals surface area contributed by atoms with Crippen molar-refractivity contribution in [1.29, 1.82) is 0 Å². The Morgan fingerprint density at radius 2 is 2.38 bits per heavy atom. The summed E-state index contributed by atoms with van der Waals surface area (Å²) in [5.74, 6) is 1.25. The Morgan fingerprint density at radius 1 is 1.44 bits per heavy atom. The summed E-state index contributed by atoms with van der Waals surface area (Å²) in [6.45, 7) is 4.51. The first-order chi connectivity index (χ1) is 7.78. The van der Waals surface area contributed by atoms with Crippen LogP contribution < -0.4 is 5.32 Å². The molecule has 3 rings (SSSR count). The molecule has 4 heteroatoms. The van der Waals surface area contributed by atoms with Crippen LogP contribution in [0, 0.1) is 0 Å². The van der Waals surface area contributed by atoms with Crippen LogP contribution in [0.3, 0.4) is 0 Å². The van der Waals surface area contributed by atoms with Gasteiger partial charge in [0.2, 0.25) is 0 Å². The molecule has 0 radical (unpaired) electrons. The maximum Gasteiger partial charge on any atom is 0.0943 e. The highest BCUT2D eigenvalue weighted by Gasteiger charge is 2.33. The Kier molecular flexibility index (Phi) is 2.72. The summed E-state index contributed by atoms with van der Waals surface area (Å²) in [6, 6.07) is 2.30. The van der Waals surface area contributed by atoms with Gasteiger partial charge in [0.05, 0.1) is 16.3 Å². The van der Waals surface area contributed by atoms with Crippen LogP contribution in [-0.4, -0.2) is 22.1 Å². The molecular formula is C12H19N3S. The van der Waals surface area contributed by atoms with Gasteiger partial charge in [-0.15, -0.1) is 11.8 Å². The second kappa shape index (κ2) is 4.08. The van der Waals surface area contributed by atoms with Gasteiger partial charge >= 0.3 is 0 Å². The molecule has 3 nitrogen and oxygen atoms in total. The highest BCUT2D eigenvalue weighted by atomic mass is 32.2. The van der Waals surface area contributed by atoms with Gasteiger partial charge in [-0.1, -0.05) is 0 Å². The van der Waals surface area contributed by atoms with E-state index in [0.717, 1.165) is 13.1 Å². The molecule has 1 unspecified atom stereocenters. The van der Waals surface area contributed by atoms with E-state index >= 15 is 0 Å². The lowest BCUT2D eigenvalue weighted by atomic mass is 9.96. The summed E-state index contributed by atoms with van der Waals surface area (Å²) >= 11 is 1.96. The van der Waals surface area contributed by atoms with Crippen molar-refractivity contribution in [1.82, 2.24) is 15.1 Å². The van der Waals surface area contributed by atoms with Gasteiger partial charge in [-0.25, -0.2) is 0 Å². The molecule has 3 heterocycles. The number of aromatic nitrogens is 2. The average molecular weight is 237 g/mol. The van der Waals surface area contributed by atoms with E-state index < -0.39 is 0 Å². The second-order valence-corrected chi connectivity index (χ2v) is 6.12. The smallest absolute Gasteiger partial charge is 0.0943 e. The summed E-state index contributed by atoms with van der Waals surface area (Å²) < 4.78 is 2.21. The average Bonchev–Trinajstić information content (AvgIpc) is 2.82. The monoisotopic (exact) mass is 237 g/mol. The minimum absolute atomic E-state index is 0.125. The normalized spacial score (nSPS) is 30.1. The lowest BCUT2D eigenvalue weighted by Gasteiger charge is -2.21. The minimum Gasteiger partial charge on any atom is -0.306 e. The fourth-order valence-electron chi connectivity index (χ4n) is 2.60. The van der Waals surface area contributed by atoms with Crippen LogP contribution in [0.25, 0.3) is 0 Å². The van der Waals surface area contributed by atoms with Crippen molar-refractivity contribution < 1.29 is 0 Å². The Balaban J connectivity index is 1.91. The van der Waals surface area contributed by atoms with Crippen LogP contribution in [0.1, 0.15) is 38.3 Å². The van der Waals surface area contributed by atoms with E-state index in [0.29, 0.717) is 0 Å². The van der Waals surface area contributed by atoms with E-state index in [1.54, 1.807) is 0 Å².